The van der Waals surface area contributed by atoms with Crippen LogP contribution in [-0.4, -0.2) is 47.3 Å². The average molecular weight is 379 g/mol. The average Bonchev–Trinajstić information content (AvgIpc) is 2.97. The molecule has 2 heterocycles. The second kappa shape index (κ2) is 6.62. The number of imide groups is 1. The maximum atomic E-state index is 12.5. The summed E-state index contributed by atoms with van der Waals surface area (Å²) in [5.41, 5.74) is 0.582. The van der Waals surface area contributed by atoms with Crippen molar-refractivity contribution in [2.75, 3.05) is 14.2 Å². The van der Waals surface area contributed by atoms with Gasteiger partial charge < -0.3 is 14.3 Å². The summed E-state index contributed by atoms with van der Waals surface area (Å²) in [6.07, 6.45) is 0. The summed E-state index contributed by atoms with van der Waals surface area (Å²) in [5.74, 6) is -1.50. The molecule has 2 amide bonds. The number of ether oxygens (including phenoxy) is 2. The number of carbonyl (C=O) groups is 3. The van der Waals surface area contributed by atoms with E-state index in [1.165, 1.54) is 32.4 Å². The summed E-state index contributed by atoms with van der Waals surface area (Å²) in [4.78, 5) is 42.1. The Kier molecular flexibility index (Phi) is 4.11. The Morgan fingerprint density at radius 3 is 2.21 bits per heavy atom. The molecule has 0 atom stereocenters. The lowest BCUT2D eigenvalue weighted by Crippen LogP contribution is -2.33. The van der Waals surface area contributed by atoms with Crippen LogP contribution in [-0.2, 0) is 4.84 Å². The van der Waals surface area contributed by atoms with Crippen molar-refractivity contribution >= 4 is 28.7 Å². The van der Waals surface area contributed by atoms with Gasteiger partial charge in [-0.05, 0) is 18.2 Å². The first-order valence-corrected chi connectivity index (χ1v) is 8.13. The maximum absolute atomic E-state index is 12.5. The van der Waals surface area contributed by atoms with Crippen molar-refractivity contribution in [3.63, 3.8) is 0 Å². The summed E-state index contributed by atoms with van der Waals surface area (Å²) >= 11 is 0. The summed E-state index contributed by atoms with van der Waals surface area (Å²) in [7, 11) is 2.97. The Labute approximate surface area is 158 Å². The van der Waals surface area contributed by atoms with Gasteiger partial charge in [0.25, 0.3) is 11.8 Å². The molecule has 1 aromatic heterocycles. The molecule has 1 aliphatic rings. The van der Waals surface area contributed by atoms with Crippen molar-refractivity contribution in [3.8, 4) is 11.5 Å². The van der Waals surface area contributed by atoms with Gasteiger partial charge in [-0.2, -0.15) is 0 Å². The first-order valence-electron chi connectivity index (χ1n) is 8.13. The lowest BCUT2D eigenvalue weighted by atomic mass is 10.1. The van der Waals surface area contributed by atoms with Gasteiger partial charge in [-0.1, -0.05) is 17.2 Å². The fourth-order valence-electron chi connectivity index (χ4n) is 2.85. The highest BCUT2D eigenvalue weighted by Crippen LogP contribution is 2.30. The van der Waals surface area contributed by atoms with Crippen LogP contribution in [0, 0.1) is 0 Å². The smallest absolute Gasteiger partial charge is 0.384 e. The molecular formula is C19H13N3O6. The van der Waals surface area contributed by atoms with E-state index in [-0.39, 0.29) is 16.8 Å². The number of hydrogen-bond acceptors (Lipinski definition) is 8. The van der Waals surface area contributed by atoms with Gasteiger partial charge in [0, 0.05) is 17.5 Å². The third kappa shape index (κ3) is 2.69. The van der Waals surface area contributed by atoms with Gasteiger partial charge >= 0.3 is 5.97 Å². The Hall–Kier alpha value is -4.01. The number of rotatable bonds is 4. The van der Waals surface area contributed by atoms with Crippen LogP contribution >= 0.6 is 0 Å². The zero-order valence-electron chi connectivity index (χ0n) is 14.8. The highest BCUT2D eigenvalue weighted by molar-refractivity contribution is 6.21. The first-order chi connectivity index (χ1) is 13.5. The predicted octanol–water partition coefficient (Wildman–Crippen LogP) is 2.01. The first kappa shape index (κ1) is 17.4. The molecule has 9 heteroatoms. The van der Waals surface area contributed by atoms with Crippen molar-refractivity contribution < 1.29 is 28.7 Å². The molecule has 9 nitrogen and oxygen atoms in total. The zero-order valence-corrected chi connectivity index (χ0v) is 14.8. The summed E-state index contributed by atoms with van der Waals surface area (Å²) in [5, 5.41) is 8.70. The summed E-state index contributed by atoms with van der Waals surface area (Å²) in [6, 6.07) is 10.9. The molecule has 0 bridgehead atoms. The van der Waals surface area contributed by atoms with E-state index < -0.39 is 17.8 Å². The maximum Gasteiger partial charge on any atom is 0.384 e. The van der Waals surface area contributed by atoms with Crippen LogP contribution in [0.3, 0.4) is 0 Å². The number of aromatic nitrogens is 2. The van der Waals surface area contributed by atoms with E-state index in [0.717, 1.165) is 0 Å². The number of amides is 2. The molecule has 0 radical (unpaired) electrons. The highest BCUT2D eigenvalue weighted by Gasteiger charge is 2.39. The van der Waals surface area contributed by atoms with Gasteiger partial charge in [-0.3, -0.25) is 9.59 Å². The quantitative estimate of drug-likeness (QED) is 0.634. The SMILES string of the molecule is COc1cc(OC)c2cc(C(=O)ON3C(=O)c4ccccc4C3=O)nnc2c1. The van der Waals surface area contributed by atoms with Crippen molar-refractivity contribution in [1.29, 1.82) is 0 Å². The van der Waals surface area contributed by atoms with Gasteiger partial charge in [0.15, 0.2) is 5.69 Å². The molecule has 0 unspecified atom stereocenters. The second-order valence-electron chi connectivity index (χ2n) is 5.82. The molecule has 3 aromatic rings. The van der Waals surface area contributed by atoms with Gasteiger partial charge in [-0.25, -0.2) is 4.79 Å². The Balaban J connectivity index is 1.65. The van der Waals surface area contributed by atoms with Crippen LogP contribution in [0.4, 0.5) is 0 Å². The van der Waals surface area contributed by atoms with Gasteiger partial charge in [0.1, 0.15) is 17.0 Å². The minimum atomic E-state index is -0.998. The number of nitrogens with zero attached hydrogens (tertiary/aromatic N) is 3. The summed E-state index contributed by atoms with van der Waals surface area (Å²) < 4.78 is 10.5. The Morgan fingerprint density at radius 1 is 0.929 bits per heavy atom. The lowest BCUT2D eigenvalue weighted by Gasteiger charge is -2.12. The molecule has 0 aliphatic carbocycles. The Bertz CT molecular complexity index is 1110. The van der Waals surface area contributed by atoms with Crippen LogP contribution in [0.1, 0.15) is 31.2 Å². The van der Waals surface area contributed by atoms with Gasteiger partial charge in [0.2, 0.25) is 0 Å². The predicted molar refractivity (Wildman–Crippen MR) is 95.0 cm³/mol. The van der Waals surface area contributed by atoms with Crippen molar-refractivity contribution in [3.05, 3.63) is 59.3 Å². The largest absolute Gasteiger partial charge is 0.497 e. The number of methoxy groups -OCH3 is 2. The molecule has 0 saturated carbocycles. The molecule has 140 valence electrons. The van der Waals surface area contributed by atoms with Gasteiger partial charge in [0.05, 0.1) is 25.3 Å². The molecule has 4 rings (SSSR count). The highest BCUT2D eigenvalue weighted by atomic mass is 16.7. The zero-order chi connectivity index (χ0) is 19.8. The molecule has 0 N–H and O–H groups in total. The molecular weight excluding hydrogens is 366 g/mol. The van der Waals surface area contributed by atoms with E-state index in [4.69, 9.17) is 14.3 Å². The molecule has 28 heavy (non-hydrogen) atoms. The third-order valence-corrected chi connectivity index (χ3v) is 4.24. The molecule has 2 aromatic carbocycles. The standard InChI is InChI=1S/C19H13N3O6/c1-26-10-7-14-13(16(8-10)27-2)9-15(21-20-14)19(25)28-22-17(23)11-5-3-4-6-12(11)18(22)24/h3-9H,1-2H3. The van der Waals surface area contributed by atoms with Crippen LogP contribution in [0.5, 0.6) is 11.5 Å². The van der Waals surface area contributed by atoms with E-state index in [9.17, 15) is 14.4 Å². The van der Waals surface area contributed by atoms with Crippen LogP contribution < -0.4 is 9.47 Å². The monoisotopic (exact) mass is 379 g/mol. The minimum absolute atomic E-state index is 0.165. The number of carbonyl (C=O) groups excluding carboxylic acids is 3. The van der Waals surface area contributed by atoms with Gasteiger partial charge in [-0.15, -0.1) is 10.2 Å². The number of hydrogen-bond donors (Lipinski definition) is 0. The van der Waals surface area contributed by atoms with E-state index in [0.29, 0.717) is 27.5 Å². The Morgan fingerprint density at radius 2 is 1.61 bits per heavy atom. The second-order valence-corrected chi connectivity index (χ2v) is 5.82. The topological polar surface area (TPSA) is 108 Å². The fourth-order valence-corrected chi connectivity index (χ4v) is 2.85. The lowest BCUT2D eigenvalue weighted by molar-refractivity contribution is -0.0589. The van der Waals surface area contributed by atoms with Crippen molar-refractivity contribution in [2.45, 2.75) is 0 Å². The number of fused-ring (bicyclic) bond motifs is 2. The van der Waals surface area contributed by atoms with E-state index in [1.54, 1.807) is 24.3 Å². The third-order valence-electron chi connectivity index (χ3n) is 4.24. The van der Waals surface area contributed by atoms with Crippen LogP contribution in [0.15, 0.2) is 42.5 Å². The van der Waals surface area contributed by atoms with Crippen LogP contribution in [0.25, 0.3) is 10.9 Å². The van der Waals surface area contributed by atoms with Crippen molar-refractivity contribution in [1.82, 2.24) is 15.3 Å². The molecule has 1 aliphatic heterocycles. The number of hydroxylamine groups is 2. The van der Waals surface area contributed by atoms with E-state index in [1.807, 2.05) is 0 Å². The van der Waals surface area contributed by atoms with Crippen molar-refractivity contribution in [2.24, 2.45) is 0 Å². The van der Waals surface area contributed by atoms with E-state index >= 15 is 0 Å². The van der Waals surface area contributed by atoms with E-state index in [2.05, 4.69) is 10.2 Å². The number of benzene rings is 2. The normalized spacial score (nSPS) is 12.9. The summed E-state index contributed by atoms with van der Waals surface area (Å²) in [6.45, 7) is 0. The molecule has 0 fully saturated rings. The fraction of sp³-hybridized carbons (Fsp3) is 0.105. The molecule has 0 spiro atoms. The molecule has 0 saturated heterocycles. The van der Waals surface area contributed by atoms with Crippen LogP contribution in [0.2, 0.25) is 0 Å². The minimum Gasteiger partial charge on any atom is -0.497 e.